The molecule has 0 aliphatic heterocycles. The first-order chi connectivity index (χ1) is 16.8. The van der Waals surface area contributed by atoms with Crippen LogP contribution in [0, 0.1) is 0 Å². The minimum absolute atomic E-state index is 0.895. The fourth-order valence-electron chi connectivity index (χ4n) is 4.01. The molecule has 0 N–H and O–H groups in total. The van der Waals surface area contributed by atoms with Crippen molar-refractivity contribution < 1.29 is 18.6 Å². The summed E-state index contributed by atoms with van der Waals surface area (Å²) in [6.07, 6.45) is 23.2. The third kappa shape index (κ3) is 13.8. The molecule has 0 aromatic carbocycles. The summed E-state index contributed by atoms with van der Waals surface area (Å²) in [6, 6.07) is 9.13. The molecule has 0 radical (unpaired) electrons. The van der Waals surface area contributed by atoms with E-state index >= 15 is 0 Å². The highest BCUT2D eigenvalue weighted by molar-refractivity contribution is 5.10. The van der Waals surface area contributed by atoms with E-state index in [0.717, 1.165) is 65.2 Å². The van der Waals surface area contributed by atoms with Crippen LogP contribution in [0.1, 0.15) is 89.2 Å². The molecule has 0 saturated heterocycles. The topological polar surface area (TPSA) is 26.2 Å². The minimum atomic E-state index is 0.895. The Balaban J connectivity index is 1.53. The van der Waals surface area contributed by atoms with Crippen LogP contribution >= 0.6 is 0 Å². The molecule has 4 nitrogen and oxygen atoms in total. The molecule has 2 heterocycles. The van der Waals surface area contributed by atoms with Gasteiger partial charge in [0.2, 0.25) is 0 Å². The first kappa shape index (κ1) is 28.5. The molecule has 0 saturated carbocycles. The average molecular weight is 471 g/mol. The van der Waals surface area contributed by atoms with Gasteiger partial charge in [-0.15, -0.1) is 0 Å². The van der Waals surface area contributed by atoms with E-state index in [1.54, 1.807) is 0 Å². The van der Waals surface area contributed by atoms with Crippen molar-refractivity contribution in [1.82, 2.24) is 0 Å². The third-order valence-electron chi connectivity index (χ3n) is 6.30. The Morgan fingerprint density at radius 2 is 0.912 bits per heavy atom. The number of rotatable bonds is 21. The summed E-state index contributed by atoms with van der Waals surface area (Å²) in [5.74, 6) is 0. The lowest BCUT2D eigenvalue weighted by atomic mass is 10.1. The highest BCUT2D eigenvalue weighted by Crippen LogP contribution is 2.07. The van der Waals surface area contributed by atoms with Gasteiger partial charge in [0.05, 0.1) is 0 Å². The van der Waals surface area contributed by atoms with E-state index in [9.17, 15) is 0 Å². The van der Waals surface area contributed by atoms with E-state index in [2.05, 4.69) is 72.0 Å². The molecule has 0 atom stereocenters. The quantitative estimate of drug-likeness (QED) is 0.165. The smallest absolute Gasteiger partial charge is 0.169 e. The van der Waals surface area contributed by atoms with Gasteiger partial charge in [-0.05, 0) is 56.1 Å². The zero-order valence-electron chi connectivity index (χ0n) is 22.1. The van der Waals surface area contributed by atoms with Crippen molar-refractivity contribution in [1.29, 1.82) is 0 Å². The van der Waals surface area contributed by atoms with Crippen LogP contribution in [0.4, 0.5) is 0 Å². The Bertz CT molecular complexity index is 716. The number of ether oxygens (including phenoxy) is 2. The summed E-state index contributed by atoms with van der Waals surface area (Å²) >= 11 is 0. The second-order valence-electron chi connectivity index (χ2n) is 9.44. The van der Waals surface area contributed by atoms with Crippen LogP contribution in [0.25, 0.3) is 0 Å². The van der Waals surface area contributed by atoms with E-state index < -0.39 is 0 Å². The molecule has 2 aromatic rings. The molecule has 0 amide bonds. The summed E-state index contributed by atoms with van der Waals surface area (Å²) < 4.78 is 15.9. The second kappa shape index (κ2) is 19.5. The fourth-order valence-corrected chi connectivity index (χ4v) is 4.01. The van der Waals surface area contributed by atoms with Crippen LogP contribution in [0.5, 0.6) is 0 Å². The van der Waals surface area contributed by atoms with E-state index in [1.807, 2.05) is 0 Å². The SMILES string of the molecule is CCCCCOCCCC[n+]1ccc(CCCc2cc[n+](CCCCOCCCC)cc2)cc1. The maximum absolute atomic E-state index is 5.70. The summed E-state index contributed by atoms with van der Waals surface area (Å²) in [5, 5.41) is 0. The largest absolute Gasteiger partial charge is 0.381 e. The van der Waals surface area contributed by atoms with Gasteiger partial charge in [0.15, 0.2) is 24.8 Å². The van der Waals surface area contributed by atoms with E-state index in [0.29, 0.717) is 0 Å². The molecule has 34 heavy (non-hydrogen) atoms. The van der Waals surface area contributed by atoms with Gasteiger partial charge in [0.1, 0.15) is 13.1 Å². The fraction of sp³-hybridized carbons (Fsp3) is 0.667. The summed E-state index contributed by atoms with van der Waals surface area (Å²) in [7, 11) is 0. The van der Waals surface area contributed by atoms with Gasteiger partial charge >= 0.3 is 0 Å². The van der Waals surface area contributed by atoms with Crippen LogP contribution in [0.15, 0.2) is 49.1 Å². The van der Waals surface area contributed by atoms with Gasteiger partial charge in [-0.25, -0.2) is 9.13 Å². The molecule has 0 aliphatic rings. The molecule has 2 aromatic heterocycles. The van der Waals surface area contributed by atoms with Gasteiger partial charge in [-0.3, -0.25) is 0 Å². The molecule has 0 aliphatic carbocycles. The molecule has 190 valence electrons. The van der Waals surface area contributed by atoms with Crippen molar-refractivity contribution in [2.75, 3.05) is 26.4 Å². The number of hydrogen-bond acceptors (Lipinski definition) is 2. The van der Waals surface area contributed by atoms with Crippen LogP contribution in [-0.2, 0) is 35.4 Å². The highest BCUT2D eigenvalue weighted by atomic mass is 16.5. The number of aryl methyl sites for hydroxylation is 4. The molecule has 2 rings (SSSR count). The zero-order valence-corrected chi connectivity index (χ0v) is 22.1. The van der Waals surface area contributed by atoms with Gasteiger partial charge in [0, 0.05) is 63.5 Å². The van der Waals surface area contributed by atoms with Gasteiger partial charge in [0.25, 0.3) is 0 Å². The monoisotopic (exact) mass is 470 g/mol. The van der Waals surface area contributed by atoms with Crippen LogP contribution < -0.4 is 9.13 Å². The van der Waals surface area contributed by atoms with Crippen LogP contribution in [-0.4, -0.2) is 26.4 Å². The Kier molecular flexibility index (Phi) is 16.3. The lowest BCUT2D eigenvalue weighted by Gasteiger charge is -2.04. The first-order valence-electron chi connectivity index (χ1n) is 13.9. The van der Waals surface area contributed by atoms with Gasteiger partial charge in [-0.2, -0.15) is 0 Å². The molecular formula is C30H50N2O2+2. The summed E-state index contributed by atoms with van der Waals surface area (Å²) in [4.78, 5) is 0. The molecule has 0 unspecified atom stereocenters. The maximum atomic E-state index is 5.70. The lowest BCUT2D eigenvalue weighted by Crippen LogP contribution is -2.32. The normalized spacial score (nSPS) is 11.2. The number of unbranched alkanes of at least 4 members (excludes halogenated alkanes) is 5. The zero-order chi connectivity index (χ0) is 24.1. The summed E-state index contributed by atoms with van der Waals surface area (Å²) in [6.45, 7) is 10.2. The third-order valence-corrected chi connectivity index (χ3v) is 6.30. The van der Waals surface area contributed by atoms with Crippen molar-refractivity contribution in [3.05, 3.63) is 60.2 Å². The van der Waals surface area contributed by atoms with Crippen molar-refractivity contribution in [3.63, 3.8) is 0 Å². The highest BCUT2D eigenvalue weighted by Gasteiger charge is 2.04. The van der Waals surface area contributed by atoms with Crippen molar-refractivity contribution in [2.45, 2.75) is 104 Å². The molecule has 0 fully saturated rings. The molecule has 0 spiro atoms. The number of nitrogens with zero attached hydrogens (tertiary/aromatic N) is 2. The second-order valence-corrected chi connectivity index (χ2v) is 9.44. The summed E-state index contributed by atoms with van der Waals surface area (Å²) in [5.41, 5.74) is 2.87. The molecular weight excluding hydrogens is 420 g/mol. The van der Waals surface area contributed by atoms with E-state index in [4.69, 9.17) is 9.47 Å². The lowest BCUT2D eigenvalue weighted by molar-refractivity contribution is -0.697. The Labute approximate surface area is 209 Å². The Hall–Kier alpha value is -1.78. The predicted octanol–water partition coefficient (Wildman–Crippen LogP) is 6.02. The van der Waals surface area contributed by atoms with Gasteiger partial charge < -0.3 is 9.47 Å². The first-order valence-corrected chi connectivity index (χ1v) is 13.9. The van der Waals surface area contributed by atoms with Crippen molar-refractivity contribution in [2.24, 2.45) is 0 Å². The Morgan fingerprint density at radius 1 is 0.500 bits per heavy atom. The number of pyridine rings is 2. The van der Waals surface area contributed by atoms with Crippen molar-refractivity contribution >= 4 is 0 Å². The molecule has 0 bridgehead atoms. The Morgan fingerprint density at radius 3 is 1.35 bits per heavy atom. The minimum Gasteiger partial charge on any atom is -0.381 e. The number of aromatic nitrogens is 2. The van der Waals surface area contributed by atoms with Gasteiger partial charge in [-0.1, -0.05) is 33.1 Å². The van der Waals surface area contributed by atoms with E-state index in [-0.39, 0.29) is 0 Å². The van der Waals surface area contributed by atoms with Crippen LogP contribution in [0.2, 0.25) is 0 Å². The van der Waals surface area contributed by atoms with Crippen molar-refractivity contribution in [3.8, 4) is 0 Å². The predicted molar refractivity (Wildman–Crippen MR) is 140 cm³/mol. The average Bonchev–Trinajstić information content (AvgIpc) is 2.87. The molecule has 4 heteroatoms. The van der Waals surface area contributed by atoms with Crippen LogP contribution in [0.3, 0.4) is 0 Å². The maximum Gasteiger partial charge on any atom is 0.169 e. The number of hydrogen-bond donors (Lipinski definition) is 0. The standard InChI is InChI=1S/C30H50N2O2/c1-3-5-9-26-34-28-11-8-20-32-23-17-30(18-24-32)14-12-13-29-15-21-31(22-16-29)19-7-10-27-33-25-6-4-2/h15-18,21-24H,3-14,19-20,25-28H2,1-2H3/q+2. The van der Waals surface area contributed by atoms with E-state index in [1.165, 1.54) is 62.5 Å².